The second-order valence-corrected chi connectivity index (χ2v) is 20.0. The number of carbonyl (C=O) groups is 5. The van der Waals surface area contributed by atoms with Crippen molar-refractivity contribution in [1.82, 2.24) is 4.90 Å². The number of allylic oxidation sites excluding steroid dienone is 6. The van der Waals surface area contributed by atoms with Crippen molar-refractivity contribution in [3.05, 3.63) is 47.6 Å². The third-order valence-corrected chi connectivity index (χ3v) is 14.9. The molecule has 1 amide bonds. The fraction of sp³-hybridized carbons (Fsp3) is 0.750. The molecule has 2 N–H and O–H groups in total. The lowest BCUT2D eigenvalue weighted by atomic mass is 9.76. The summed E-state index contributed by atoms with van der Waals surface area (Å²) < 4.78 is 29.7. The number of nitrogens with zero attached hydrogens (tertiary/aromatic N) is 1. The van der Waals surface area contributed by atoms with Crippen molar-refractivity contribution >= 4 is 29.2 Å². The van der Waals surface area contributed by atoms with Crippen molar-refractivity contribution in [2.24, 2.45) is 41.4 Å². The Morgan fingerprint density at radius 2 is 1.58 bits per heavy atom. The van der Waals surface area contributed by atoms with E-state index in [-0.39, 0.29) is 54.8 Å². The van der Waals surface area contributed by atoms with Crippen LogP contribution in [0.15, 0.2) is 47.6 Å². The number of rotatable bonds is 6. The number of fused-ring (bicyclic) bond motifs is 3. The van der Waals surface area contributed by atoms with E-state index >= 15 is 0 Å². The van der Waals surface area contributed by atoms with Crippen LogP contribution < -0.4 is 0 Å². The van der Waals surface area contributed by atoms with Crippen molar-refractivity contribution in [3.8, 4) is 0 Å². The van der Waals surface area contributed by atoms with Gasteiger partial charge in [-0.25, -0.2) is 4.79 Å². The molecule has 2 saturated heterocycles. The van der Waals surface area contributed by atoms with E-state index in [1.165, 1.54) is 12.0 Å². The normalized spacial score (nSPS) is 37.8. The Bertz CT molecular complexity index is 1750. The van der Waals surface area contributed by atoms with Crippen molar-refractivity contribution in [2.45, 2.75) is 181 Å². The average molecular weight is 912 g/mol. The van der Waals surface area contributed by atoms with E-state index < -0.39 is 77.8 Å². The van der Waals surface area contributed by atoms with Crippen LogP contribution in [0.3, 0.4) is 0 Å². The minimum absolute atomic E-state index is 0.0331. The molecule has 1 saturated carbocycles. The maximum Gasteiger partial charge on any atom is 0.329 e. The highest BCUT2D eigenvalue weighted by Gasteiger charge is 2.53. The van der Waals surface area contributed by atoms with E-state index in [0.717, 1.165) is 24.8 Å². The summed E-state index contributed by atoms with van der Waals surface area (Å²) in [5, 5.41) is 23.4. The molecule has 2 bridgehead atoms. The molecule has 0 aromatic heterocycles. The Kier molecular flexibility index (Phi) is 21.0. The van der Waals surface area contributed by atoms with Crippen molar-refractivity contribution < 1.29 is 57.9 Å². The zero-order valence-corrected chi connectivity index (χ0v) is 41.2. The molecule has 0 aromatic carbocycles. The molecular weight excluding hydrogens is 831 g/mol. The number of aliphatic hydroxyl groups is 2. The predicted molar refractivity (Wildman–Crippen MR) is 248 cm³/mol. The second kappa shape index (κ2) is 25.2. The van der Waals surface area contributed by atoms with Crippen LogP contribution in [-0.4, -0.2) is 121 Å². The number of Topliss-reactive ketones (excluding diaryl/α,β-unsaturated/α-hetero) is 3. The molecule has 0 radical (unpaired) electrons. The van der Waals surface area contributed by atoms with E-state index in [9.17, 15) is 34.2 Å². The summed E-state index contributed by atoms with van der Waals surface area (Å²) in [5.41, 5.74) is 1.23. The predicted octanol–water partition coefficient (Wildman–Crippen LogP) is 7.46. The number of methoxy groups -OCH3 is 3. The first-order chi connectivity index (χ1) is 30.7. The molecule has 65 heavy (non-hydrogen) atoms. The molecular formula is C52H81NO12. The van der Waals surface area contributed by atoms with Gasteiger partial charge in [0.05, 0.1) is 24.4 Å². The summed E-state index contributed by atoms with van der Waals surface area (Å²) in [6.45, 7) is 15.1. The van der Waals surface area contributed by atoms with Gasteiger partial charge in [-0.1, -0.05) is 78.0 Å². The van der Waals surface area contributed by atoms with Crippen LogP contribution in [0.2, 0.25) is 0 Å². The average Bonchev–Trinajstić information content (AvgIpc) is 3.28. The number of amides is 1. The van der Waals surface area contributed by atoms with Gasteiger partial charge >= 0.3 is 5.97 Å². The molecule has 366 valence electrons. The van der Waals surface area contributed by atoms with Gasteiger partial charge in [0.25, 0.3) is 11.7 Å². The van der Waals surface area contributed by atoms with Gasteiger partial charge in [-0.2, -0.15) is 0 Å². The van der Waals surface area contributed by atoms with Crippen LogP contribution in [0.1, 0.15) is 132 Å². The number of aliphatic hydroxyl groups excluding tert-OH is 1. The molecule has 0 spiro atoms. The fourth-order valence-corrected chi connectivity index (χ4v) is 10.4. The van der Waals surface area contributed by atoms with Crippen LogP contribution in [0.4, 0.5) is 0 Å². The number of hydrogen-bond donors (Lipinski definition) is 2. The van der Waals surface area contributed by atoms with Crippen molar-refractivity contribution in [2.75, 3.05) is 27.9 Å². The molecule has 3 heterocycles. The molecule has 0 aromatic rings. The lowest BCUT2D eigenvalue weighted by molar-refractivity contribution is -0.265. The summed E-state index contributed by atoms with van der Waals surface area (Å²) in [6, 6.07) is -1.11. The molecule has 1 aliphatic carbocycles. The van der Waals surface area contributed by atoms with E-state index in [2.05, 4.69) is 6.92 Å². The minimum atomic E-state index is -2.41. The monoisotopic (exact) mass is 912 g/mol. The summed E-state index contributed by atoms with van der Waals surface area (Å²) >= 11 is 0. The van der Waals surface area contributed by atoms with Gasteiger partial charge in [-0.3, -0.25) is 19.2 Å². The topological polar surface area (TPSA) is 175 Å². The van der Waals surface area contributed by atoms with Crippen LogP contribution in [0.25, 0.3) is 0 Å². The van der Waals surface area contributed by atoms with E-state index in [1.807, 2.05) is 58.1 Å². The largest absolute Gasteiger partial charge is 0.460 e. The first-order valence-electron chi connectivity index (χ1n) is 24.2. The standard InChI is InChI=1S/C52H81NO12/c1-31-17-13-12-14-18-32(2)44(62-10)29-40-23-21-38(8)52(60,65-40)49(57)50(58)53-24-16-15-19-41(53)51(59)64-45(35(5)27-39-22-20-33(3)43(28-39)61-9)30-42(54)34(4)26-37(7)47(56)48(63-11)46(55)36(6)25-31/h12-14,17-18,26,31,33,35-41,43-45,47-48,56,60H,15-16,19-25,27-30H2,1-11H3/t31?,33-,35+,36-,37?,38+,39-,40-,41-,43+,44-,45-,47+,48-,52+/m0/s1. The Hall–Kier alpha value is -3.33. The Labute approximate surface area is 388 Å². The number of piperidine rings is 1. The molecule has 15 atom stereocenters. The maximum absolute atomic E-state index is 14.4. The fourth-order valence-electron chi connectivity index (χ4n) is 10.4. The number of hydrogen-bond acceptors (Lipinski definition) is 12. The molecule has 2 unspecified atom stereocenters. The SMILES string of the molecule is CO[C@H]1C[C@@H]2CC[C@@H](C)[C@@](O)(O2)C(=O)C(=O)N2CCCC[C@H]2C(=O)O[C@H]([C@H](C)C[C@@H]2CC[C@H](C)[C@H](OC)C2)CC(=O)C(C)=CC(C)[C@@H](O)[C@@H](OC)C(=O)[C@@H](C)CC(C)C=CC=CC=C1C. The second-order valence-electron chi connectivity index (χ2n) is 20.0. The Morgan fingerprint density at radius 3 is 2.26 bits per heavy atom. The van der Waals surface area contributed by atoms with Crippen LogP contribution >= 0.6 is 0 Å². The minimum Gasteiger partial charge on any atom is -0.460 e. The highest BCUT2D eigenvalue weighted by molar-refractivity contribution is 6.39. The number of cyclic esters (lactones) is 1. The summed E-state index contributed by atoms with van der Waals surface area (Å²) in [6.07, 6.45) is 13.7. The molecule has 4 aliphatic rings. The van der Waals surface area contributed by atoms with Crippen molar-refractivity contribution in [1.29, 1.82) is 0 Å². The zero-order valence-electron chi connectivity index (χ0n) is 41.2. The van der Waals surface area contributed by atoms with Crippen LogP contribution in [0.5, 0.6) is 0 Å². The number of ether oxygens (including phenoxy) is 5. The number of carbonyl (C=O) groups excluding carboxylic acids is 5. The third kappa shape index (κ3) is 14.3. The van der Waals surface area contributed by atoms with Gasteiger partial charge in [0.15, 0.2) is 11.6 Å². The van der Waals surface area contributed by atoms with Crippen LogP contribution in [-0.2, 0) is 47.7 Å². The highest BCUT2D eigenvalue weighted by Crippen LogP contribution is 2.38. The van der Waals surface area contributed by atoms with E-state index in [0.29, 0.717) is 56.4 Å². The highest BCUT2D eigenvalue weighted by atomic mass is 16.6. The van der Waals surface area contributed by atoms with E-state index in [4.69, 9.17) is 23.7 Å². The molecule has 4 rings (SSSR count). The molecule has 3 fully saturated rings. The van der Waals surface area contributed by atoms with E-state index in [1.54, 1.807) is 41.1 Å². The maximum atomic E-state index is 14.4. The van der Waals surface area contributed by atoms with Gasteiger partial charge in [-0.05, 0) is 113 Å². The van der Waals surface area contributed by atoms with Gasteiger partial charge in [0.2, 0.25) is 5.79 Å². The molecule has 3 aliphatic heterocycles. The third-order valence-electron chi connectivity index (χ3n) is 14.9. The van der Waals surface area contributed by atoms with Gasteiger partial charge in [0.1, 0.15) is 18.2 Å². The lowest BCUT2D eigenvalue weighted by Gasteiger charge is -2.42. The van der Waals surface area contributed by atoms with Gasteiger partial charge in [-0.15, -0.1) is 0 Å². The Morgan fingerprint density at radius 1 is 0.862 bits per heavy atom. The zero-order chi connectivity index (χ0) is 48.2. The smallest absolute Gasteiger partial charge is 0.329 e. The summed E-state index contributed by atoms with van der Waals surface area (Å²) in [7, 11) is 4.71. The molecule has 13 heteroatoms. The Balaban J connectivity index is 1.70. The summed E-state index contributed by atoms with van der Waals surface area (Å²) in [4.78, 5) is 71.9. The number of esters is 1. The van der Waals surface area contributed by atoms with Gasteiger partial charge in [0, 0.05) is 58.5 Å². The first-order valence-corrected chi connectivity index (χ1v) is 24.2. The van der Waals surface area contributed by atoms with Crippen LogP contribution in [0, 0.1) is 41.4 Å². The quantitative estimate of drug-likeness (QED) is 0.199. The number of ketones is 3. The summed E-state index contributed by atoms with van der Waals surface area (Å²) in [5.74, 6) is -7.06. The first kappa shape index (κ1) is 54.3. The lowest BCUT2D eigenvalue weighted by Crippen LogP contribution is -2.61. The van der Waals surface area contributed by atoms with Crippen molar-refractivity contribution in [3.63, 3.8) is 0 Å². The van der Waals surface area contributed by atoms with Gasteiger partial charge < -0.3 is 38.8 Å². The molecule has 13 nitrogen and oxygen atoms in total.